The molecule has 5 rings (SSSR count). The molecule has 0 amide bonds. The molecule has 0 spiro atoms. The summed E-state index contributed by atoms with van der Waals surface area (Å²) in [6.07, 6.45) is 6.02. The number of aromatic hydroxyl groups is 1. The van der Waals surface area contributed by atoms with Gasteiger partial charge in [-0.15, -0.1) is 0 Å². The van der Waals surface area contributed by atoms with Gasteiger partial charge in [0.25, 0.3) is 0 Å². The van der Waals surface area contributed by atoms with Gasteiger partial charge in [-0.3, -0.25) is 0 Å². The number of rotatable bonds is 8. The summed E-state index contributed by atoms with van der Waals surface area (Å²) >= 11 is 0. The smallest absolute Gasteiger partial charge is 0.115 e. The fourth-order valence-electron chi connectivity index (χ4n) is 5.46. The fourth-order valence-corrected chi connectivity index (χ4v) is 5.46. The molecule has 0 aromatic heterocycles. The summed E-state index contributed by atoms with van der Waals surface area (Å²) in [5.41, 5.74) is 8.28. The molecule has 33 heavy (non-hydrogen) atoms. The van der Waals surface area contributed by atoms with Crippen molar-refractivity contribution in [3.63, 3.8) is 0 Å². The first-order valence-corrected chi connectivity index (χ1v) is 12.8. The van der Waals surface area contributed by atoms with Crippen LogP contribution in [0.3, 0.4) is 0 Å². The summed E-state index contributed by atoms with van der Waals surface area (Å²) in [5.74, 6) is 2.64. The average Bonchev–Trinajstić information content (AvgIpc) is 3.66. The summed E-state index contributed by atoms with van der Waals surface area (Å²) in [6, 6.07) is 24.6. The highest BCUT2D eigenvalue weighted by molar-refractivity contribution is 5.48. The minimum absolute atomic E-state index is 0.321. The van der Waals surface area contributed by atoms with Crippen LogP contribution in [0.15, 0.2) is 66.7 Å². The lowest BCUT2D eigenvalue weighted by Crippen LogP contribution is -2.21. The molecule has 172 valence electrons. The topological polar surface area (TPSA) is 32.3 Å². The number of hydrogen-bond acceptors (Lipinski definition) is 2. The molecule has 2 nitrogen and oxygen atoms in total. The Morgan fingerprint density at radius 1 is 0.879 bits per heavy atom. The normalized spacial score (nSPS) is 20.1. The van der Waals surface area contributed by atoms with Gasteiger partial charge in [0, 0.05) is 5.92 Å². The van der Waals surface area contributed by atoms with E-state index in [1.807, 2.05) is 12.1 Å². The second-order valence-corrected chi connectivity index (χ2v) is 10.5. The molecule has 0 saturated heterocycles. The largest absolute Gasteiger partial charge is 0.508 e. The SMILES string of the molecule is CC(C)c1ccc(C2CCc3cc(O)ccc3C2c2ccc(CCNCC3CC3)cc2)cc1. The molecule has 3 aromatic carbocycles. The maximum absolute atomic E-state index is 10.1. The summed E-state index contributed by atoms with van der Waals surface area (Å²) in [4.78, 5) is 0. The summed E-state index contributed by atoms with van der Waals surface area (Å²) in [7, 11) is 0. The Balaban J connectivity index is 1.40. The zero-order valence-electron chi connectivity index (χ0n) is 20.1. The predicted molar refractivity (Wildman–Crippen MR) is 137 cm³/mol. The maximum Gasteiger partial charge on any atom is 0.115 e. The molecule has 0 radical (unpaired) electrons. The molecule has 2 aliphatic carbocycles. The summed E-state index contributed by atoms with van der Waals surface area (Å²) in [6.45, 7) is 6.75. The minimum Gasteiger partial charge on any atom is -0.508 e. The predicted octanol–water partition coefficient (Wildman–Crippen LogP) is 6.92. The summed E-state index contributed by atoms with van der Waals surface area (Å²) < 4.78 is 0. The highest BCUT2D eigenvalue weighted by Crippen LogP contribution is 2.47. The zero-order valence-corrected chi connectivity index (χ0v) is 20.1. The Morgan fingerprint density at radius 2 is 1.61 bits per heavy atom. The quantitative estimate of drug-likeness (QED) is 0.373. The Bertz CT molecular complexity index is 1060. The van der Waals surface area contributed by atoms with Gasteiger partial charge in [-0.05, 0) is 108 Å². The molecule has 1 saturated carbocycles. The Morgan fingerprint density at radius 3 is 2.30 bits per heavy atom. The van der Waals surface area contributed by atoms with Crippen LogP contribution in [-0.2, 0) is 12.8 Å². The molecule has 0 heterocycles. The summed E-state index contributed by atoms with van der Waals surface area (Å²) in [5, 5.41) is 13.7. The van der Waals surface area contributed by atoms with Gasteiger partial charge in [-0.1, -0.05) is 68.4 Å². The Hall–Kier alpha value is -2.58. The van der Waals surface area contributed by atoms with E-state index in [0.29, 0.717) is 23.5 Å². The van der Waals surface area contributed by atoms with Crippen LogP contribution in [0.1, 0.15) is 84.2 Å². The highest BCUT2D eigenvalue weighted by atomic mass is 16.3. The van der Waals surface area contributed by atoms with Crippen LogP contribution in [-0.4, -0.2) is 18.2 Å². The van der Waals surface area contributed by atoms with Gasteiger partial charge in [0.15, 0.2) is 0 Å². The van der Waals surface area contributed by atoms with E-state index >= 15 is 0 Å². The van der Waals surface area contributed by atoms with Crippen LogP contribution >= 0.6 is 0 Å². The van der Waals surface area contributed by atoms with Gasteiger partial charge >= 0.3 is 0 Å². The van der Waals surface area contributed by atoms with E-state index in [-0.39, 0.29) is 0 Å². The molecule has 2 unspecified atom stereocenters. The van der Waals surface area contributed by atoms with Crippen molar-refractivity contribution in [2.24, 2.45) is 5.92 Å². The number of hydrogen-bond donors (Lipinski definition) is 2. The van der Waals surface area contributed by atoms with Gasteiger partial charge in [-0.25, -0.2) is 0 Å². The fraction of sp³-hybridized carbons (Fsp3) is 0.419. The zero-order chi connectivity index (χ0) is 22.8. The molecule has 0 aliphatic heterocycles. The third-order valence-electron chi connectivity index (χ3n) is 7.68. The molecule has 0 bridgehead atoms. The number of benzene rings is 3. The second-order valence-electron chi connectivity index (χ2n) is 10.5. The van der Waals surface area contributed by atoms with Gasteiger partial charge < -0.3 is 10.4 Å². The monoisotopic (exact) mass is 439 g/mol. The van der Waals surface area contributed by atoms with Crippen LogP contribution in [0, 0.1) is 5.92 Å². The van der Waals surface area contributed by atoms with Crippen molar-refractivity contribution < 1.29 is 5.11 Å². The number of nitrogens with one attached hydrogen (secondary N) is 1. The number of phenolic OH excluding ortho intramolecular Hbond substituents is 1. The molecule has 1 fully saturated rings. The van der Waals surface area contributed by atoms with E-state index in [2.05, 4.69) is 73.8 Å². The molecular formula is C31H37NO. The van der Waals surface area contributed by atoms with Crippen molar-refractivity contribution in [2.75, 3.05) is 13.1 Å². The van der Waals surface area contributed by atoms with Crippen LogP contribution in [0.25, 0.3) is 0 Å². The first-order chi connectivity index (χ1) is 16.1. The third kappa shape index (κ3) is 5.17. The molecule has 3 aromatic rings. The lowest BCUT2D eigenvalue weighted by atomic mass is 9.69. The molecule has 2 heteroatoms. The molecular weight excluding hydrogens is 402 g/mol. The van der Waals surface area contributed by atoms with E-state index in [1.54, 1.807) is 0 Å². The average molecular weight is 440 g/mol. The third-order valence-corrected chi connectivity index (χ3v) is 7.68. The van der Waals surface area contributed by atoms with Crippen molar-refractivity contribution in [2.45, 2.75) is 63.7 Å². The first-order valence-electron chi connectivity index (χ1n) is 12.8. The van der Waals surface area contributed by atoms with Crippen LogP contribution in [0.2, 0.25) is 0 Å². The van der Waals surface area contributed by atoms with E-state index in [4.69, 9.17) is 0 Å². The number of aryl methyl sites for hydroxylation is 1. The van der Waals surface area contributed by atoms with Crippen molar-refractivity contribution in [3.8, 4) is 5.75 Å². The van der Waals surface area contributed by atoms with Crippen LogP contribution in [0.5, 0.6) is 5.75 Å². The standard InChI is InChI=1S/C31H37NO/c1-21(2)24-9-11-25(12-10-24)29-15-13-27-19-28(33)14-16-30(27)31(29)26-7-5-22(6-8-26)17-18-32-20-23-3-4-23/h5-12,14,16,19,21,23,29,31-33H,3-4,13,15,17-18,20H2,1-2H3. The minimum atomic E-state index is 0.321. The lowest BCUT2D eigenvalue weighted by molar-refractivity contribution is 0.469. The van der Waals surface area contributed by atoms with Gasteiger partial charge in [-0.2, -0.15) is 0 Å². The van der Waals surface area contributed by atoms with Gasteiger partial charge in [0.1, 0.15) is 5.75 Å². The second kappa shape index (κ2) is 9.73. The van der Waals surface area contributed by atoms with Crippen LogP contribution in [0.4, 0.5) is 0 Å². The number of fused-ring (bicyclic) bond motifs is 1. The van der Waals surface area contributed by atoms with E-state index in [1.165, 1.54) is 52.8 Å². The first kappa shape index (κ1) is 22.2. The van der Waals surface area contributed by atoms with Crippen molar-refractivity contribution in [1.82, 2.24) is 5.32 Å². The van der Waals surface area contributed by atoms with E-state index in [0.717, 1.165) is 31.7 Å². The lowest BCUT2D eigenvalue weighted by Gasteiger charge is -2.35. The van der Waals surface area contributed by atoms with E-state index in [9.17, 15) is 5.11 Å². The Labute approximate surface area is 199 Å². The number of phenols is 1. The highest BCUT2D eigenvalue weighted by Gasteiger charge is 2.32. The molecule has 2 N–H and O–H groups in total. The molecule has 2 atom stereocenters. The van der Waals surface area contributed by atoms with Crippen molar-refractivity contribution in [3.05, 3.63) is 100 Å². The van der Waals surface area contributed by atoms with E-state index < -0.39 is 0 Å². The molecule has 2 aliphatic rings. The van der Waals surface area contributed by atoms with Gasteiger partial charge in [0.05, 0.1) is 0 Å². The van der Waals surface area contributed by atoms with Crippen LogP contribution < -0.4 is 5.32 Å². The maximum atomic E-state index is 10.1. The van der Waals surface area contributed by atoms with Crippen molar-refractivity contribution >= 4 is 0 Å². The Kier molecular flexibility index (Phi) is 6.55. The van der Waals surface area contributed by atoms with Gasteiger partial charge in [0.2, 0.25) is 0 Å². The van der Waals surface area contributed by atoms with Crippen molar-refractivity contribution in [1.29, 1.82) is 0 Å².